The Bertz CT molecular complexity index is 854. The SMILES string of the molecule is Cc1ccccc1CNC(=O)c1ccccc1-n1cc(CN)cn1. The van der Waals surface area contributed by atoms with E-state index in [1.807, 2.05) is 55.6 Å². The van der Waals surface area contributed by atoms with Gasteiger partial charge in [-0.15, -0.1) is 0 Å². The number of hydrogen-bond acceptors (Lipinski definition) is 3. The van der Waals surface area contributed by atoms with Crippen molar-refractivity contribution in [3.05, 3.63) is 83.2 Å². The molecule has 2 aromatic carbocycles. The van der Waals surface area contributed by atoms with Gasteiger partial charge in [-0.25, -0.2) is 4.68 Å². The van der Waals surface area contributed by atoms with E-state index in [1.54, 1.807) is 16.9 Å². The molecule has 0 saturated heterocycles. The lowest BCUT2D eigenvalue weighted by Gasteiger charge is -2.11. The van der Waals surface area contributed by atoms with Gasteiger partial charge in [-0.1, -0.05) is 36.4 Å². The number of nitrogens with two attached hydrogens (primary N) is 1. The Kier molecular flexibility index (Phi) is 4.72. The first-order valence-corrected chi connectivity index (χ1v) is 7.85. The zero-order valence-electron chi connectivity index (χ0n) is 13.6. The molecule has 0 spiro atoms. The molecule has 0 bridgehead atoms. The Hall–Kier alpha value is -2.92. The lowest BCUT2D eigenvalue weighted by Crippen LogP contribution is -2.24. The number of aryl methyl sites for hydroxylation is 1. The summed E-state index contributed by atoms with van der Waals surface area (Å²) >= 11 is 0. The lowest BCUT2D eigenvalue weighted by molar-refractivity contribution is 0.0950. The molecule has 3 rings (SSSR count). The van der Waals surface area contributed by atoms with Crippen LogP contribution in [-0.4, -0.2) is 15.7 Å². The number of carbonyl (C=O) groups is 1. The van der Waals surface area contributed by atoms with Crippen molar-refractivity contribution in [3.63, 3.8) is 0 Å². The van der Waals surface area contributed by atoms with Crippen molar-refractivity contribution < 1.29 is 4.79 Å². The van der Waals surface area contributed by atoms with Crippen LogP contribution in [0.5, 0.6) is 0 Å². The predicted octanol–water partition coefficient (Wildman–Crippen LogP) is 2.57. The van der Waals surface area contributed by atoms with E-state index in [2.05, 4.69) is 10.4 Å². The highest BCUT2D eigenvalue weighted by atomic mass is 16.1. The Morgan fingerprint density at radius 2 is 1.92 bits per heavy atom. The molecule has 0 fully saturated rings. The molecule has 1 heterocycles. The maximum Gasteiger partial charge on any atom is 0.253 e. The van der Waals surface area contributed by atoms with Gasteiger partial charge in [-0.3, -0.25) is 4.79 Å². The first kappa shape index (κ1) is 16.0. The van der Waals surface area contributed by atoms with E-state index in [0.29, 0.717) is 18.7 Å². The second kappa shape index (κ2) is 7.10. The van der Waals surface area contributed by atoms with Gasteiger partial charge in [0.25, 0.3) is 5.91 Å². The maximum absolute atomic E-state index is 12.6. The van der Waals surface area contributed by atoms with Crippen LogP contribution in [-0.2, 0) is 13.1 Å². The molecule has 3 N–H and O–H groups in total. The molecule has 1 aromatic heterocycles. The fourth-order valence-corrected chi connectivity index (χ4v) is 2.54. The van der Waals surface area contributed by atoms with Crippen LogP contribution in [0.25, 0.3) is 5.69 Å². The van der Waals surface area contributed by atoms with Crippen molar-refractivity contribution in [2.24, 2.45) is 5.73 Å². The fraction of sp³-hybridized carbons (Fsp3) is 0.158. The first-order chi connectivity index (χ1) is 11.7. The normalized spacial score (nSPS) is 10.6. The van der Waals surface area contributed by atoms with Crippen LogP contribution in [0.3, 0.4) is 0 Å². The van der Waals surface area contributed by atoms with Crippen LogP contribution in [0.2, 0.25) is 0 Å². The van der Waals surface area contributed by atoms with Crippen LogP contribution in [0.4, 0.5) is 0 Å². The third-order valence-corrected chi connectivity index (χ3v) is 3.97. The molecule has 0 atom stereocenters. The predicted molar refractivity (Wildman–Crippen MR) is 93.8 cm³/mol. The summed E-state index contributed by atoms with van der Waals surface area (Å²) in [6.07, 6.45) is 3.55. The van der Waals surface area contributed by atoms with Gasteiger partial charge >= 0.3 is 0 Å². The molecule has 0 radical (unpaired) electrons. The molecular formula is C19H20N4O. The number of carbonyl (C=O) groups excluding carboxylic acids is 1. The van der Waals surface area contributed by atoms with E-state index in [9.17, 15) is 4.79 Å². The number of nitrogens with zero attached hydrogens (tertiary/aromatic N) is 2. The van der Waals surface area contributed by atoms with Crippen molar-refractivity contribution in [2.45, 2.75) is 20.0 Å². The van der Waals surface area contributed by atoms with Crippen LogP contribution in [0, 0.1) is 6.92 Å². The molecule has 5 heteroatoms. The minimum Gasteiger partial charge on any atom is -0.348 e. The Balaban J connectivity index is 1.81. The summed E-state index contributed by atoms with van der Waals surface area (Å²) in [6.45, 7) is 2.95. The number of amides is 1. The van der Waals surface area contributed by atoms with Gasteiger partial charge in [0.2, 0.25) is 0 Å². The molecule has 1 amide bonds. The monoisotopic (exact) mass is 320 g/mol. The summed E-state index contributed by atoms with van der Waals surface area (Å²) in [6, 6.07) is 15.4. The summed E-state index contributed by atoms with van der Waals surface area (Å²) in [7, 11) is 0. The fourth-order valence-electron chi connectivity index (χ4n) is 2.54. The zero-order valence-corrected chi connectivity index (χ0v) is 13.6. The molecule has 3 aromatic rings. The van der Waals surface area contributed by atoms with Gasteiger partial charge in [0, 0.05) is 24.8 Å². The Morgan fingerprint density at radius 1 is 1.17 bits per heavy atom. The number of hydrogen-bond donors (Lipinski definition) is 2. The van der Waals surface area contributed by atoms with Crippen molar-refractivity contribution in [2.75, 3.05) is 0 Å². The van der Waals surface area contributed by atoms with Crippen LogP contribution >= 0.6 is 0 Å². The van der Waals surface area contributed by atoms with Crippen molar-refractivity contribution in [3.8, 4) is 5.69 Å². The standard InChI is InChI=1S/C19H20N4O/c1-14-6-2-3-7-16(14)12-21-19(24)17-8-4-5-9-18(17)23-13-15(10-20)11-22-23/h2-9,11,13H,10,12,20H2,1H3,(H,21,24). The largest absolute Gasteiger partial charge is 0.348 e. The molecule has 0 aliphatic heterocycles. The summed E-state index contributed by atoms with van der Waals surface area (Å²) in [5, 5.41) is 7.27. The van der Waals surface area contributed by atoms with Gasteiger partial charge in [-0.05, 0) is 30.2 Å². The third kappa shape index (κ3) is 3.36. The topological polar surface area (TPSA) is 72.9 Å². The minimum atomic E-state index is -0.126. The second-order valence-electron chi connectivity index (χ2n) is 5.62. The lowest BCUT2D eigenvalue weighted by atomic mass is 10.1. The number of aromatic nitrogens is 2. The summed E-state index contributed by atoms with van der Waals surface area (Å²) in [5.41, 5.74) is 10.1. The third-order valence-electron chi connectivity index (χ3n) is 3.97. The van der Waals surface area contributed by atoms with E-state index >= 15 is 0 Å². The quantitative estimate of drug-likeness (QED) is 0.759. The van der Waals surface area contributed by atoms with Crippen molar-refractivity contribution >= 4 is 5.91 Å². The van der Waals surface area contributed by atoms with E-state index in [4.69, 9.17) is 5.73 Å². The first-order valence-electron chi connectivity index (χ1n) is 7.85. The number of rotatable bonds is 5. The smallest absolute Gasteiger partial charge is 0.253 e. The van der Waals surface area contributed by atoms with Gasteiger partial charge in [-0.2, -0.15) is 5.10 Å². The van der Waals surface area contributed by atoms with Crippen LogP contribution < -0.4 is 11.1 Å². The Labute approximate surface area is 141 Å². The highest BCUT2D eigenvalue weighted by Crippen LogP contribution is 2.15. The molecule has 5 nitrogen and oxygen atoms in total. The summed E-state index contributed by atoms with van der Waals surface area (Å²) in [5.74, 6) is -0.126. The number of nitrogens with one attached hydrogen (secondary N) is 1. The number of para-hydroxylation sites is 1. The van der Waals surface area contributed by atoms with Gasteiger partial charge in [0.15, 0.2) is 0 Å². The molecule has 0 saturated carbocycles. The Morgan fingerprint density at radius 3 is 2.67 bits per heavy atom. The van der Waals surface area contributed by atoms with Gasteiger partial charge in [0.05, 0.1) is 17.4 Å². The van der Waals surface area contributed by atoms with Crippen molar-refractivity contribution in [1.82, 2.24) is 15.1 Å². The molecule has 24 heavy (non-hydrogen) atoms. The molecule has 0 aliphatic rings. The van der Waals surface area contributed by atoms with Crippen molar-refractivity contribution in [1.29, 1.82) is 0 Å². The maximum atomic E-state index is 12.6. The highest BCUT2D eigenvalue weighted by Gasteiger charge is 2.13. The minimum absolute atomic E-state index is 0.126. The highest BCUT2D eigenvalue weighted by molar-refractivity contribution is 5.97. The van der Waals surface area contributed by atoms with Gasteiger partial charge in [0.1, 0.15) is 0 Å². The summed E-state index contributed by atoms with van der Waals surface area (Å²) < 4.78 is 1.69. The molecule has 0 unspecified atom stereocenters. The van der Waals surface area contributed by atoms with E-state index in [-0.39, 0.29) is 5.91 Å². The average molecular weight is 320 g/mol. The van der Waals surface area contributed by atoms with E-state index in [1.165, 1.54) is 0 Å². The second-order valence-corrected chi connectivity index (χ2v) is 5.62. The summed E-state index contributed by atoms with van der Waals surface area (Å²) in [4.78, 5) is 12.6. The molecular weight excluding hydrogens is 300 g/mol. The average Bonchev–Trinajstić information content (AvgIpc) is 3.10. The number of benzene rings is 2. The zero-order chi connectivity index (χ0) is 16.9. The molecule has 0 aliphatic carbocycles. The van der Waals surface area contributed by atoms with Gasteiger partial charge < -0.3 is 11.1 Å². The van der Waals surface area contributed by atoms with Crippen LogP contribution in [0.1, 0.15) is 27.0 Å². The van der Waals surface area contributed by atoms with E-state index in [0.717, 1.165) is 22.4 Å². The van der Waals surface area contributed by atoms with E-state index < -0.39 is 0 Å². The van der Waals surface area contributed by atoms with Crippen LogP contribution in [0.15, 0.2) is 60.9 Å². The molecule has 122 valence electrons.